The van der Waals surface area contributed by atoms with E-state index in [1.807, 2.05) is 25.1 Å². The summed E-state index contributed by atoms with van der Waals surface area (Å²) in [6.07, 6.45) is 0.955. The van der Waals surface area contributed by atoms with E-state index in [-0.39, 0.29) is 12.0 Å². The van der Waals surface area contributed by atoms with Crippen LogP contribution in [0.2, 0.25) is 5.02 Å². The summed E-state index contributed by atoms with van der Waals surface area (Å²) in [7, 11) is 0. The molecule has 2 N–H and O–H groups in total. The number of nitrogens with zero attached hydrogens (tertiary/aromatic N) is 1. The smallest absolute Gasteiger partial charge is 0.261 e. The van der Waals surface area contributed by atoms with Crippen molar-refractivity contribution >= 4 is 17.5 Å². The molecule has 1 heterocycles. The Hall–Kier alpha value is -2.08. The van der Waals surface area contributed by atoms with Crippen molar-refractivity contribution in [2.45, 2.75) is 52.0 Å². The maximum atomic E-state index is 12.3. The van der Waals surface area contributed by atoms with E-state index in [1.165, 1.54) is 5.56 Å². The fourth-order valence-electron chi connectivity index (χ4n) is 3.38. The number of hydrogen-bond acceptors (Lipinski definition) is 4. The Morgan fingerprint density at radius 3 is 2.52 bits per heavy atom. The average Bonchev–Trinajstić information content (AvgIpc) is 2.71. The van der Waals surface area contributed by atoms with Gasteiger partial charge in [0.05, 0.1) is 6.10 Å². The van der Waals surface area contributed by atoms with Crippen LogP contribution in [0.3, 0.4) is 0 Å². The van der Waals surface area contributed by atoms with Crippen molar-refractivity contribution in [1.82, 2.24) is 10.2 Å². The molecule has 0 bridgehead atoms. The van der Waals surface area contributed by atoms with Gasteiger partial charge in [0.15, 0.2) is 6.10 Å². The minimum absolute atomic E-state index is 0.146. The molecule has 6 heteroatoms. The Balaban J connectivity index is 1.45. The van der Waals surface area contributed by atoms with Crippen LogP contribution in [0, 0.1) is 6.92 Å². The third-order valence-corrected chi connectivity index (χ3v) is 5.69. The van der Waals surface area contributed by atoms with Gasteiger partial charge in [-0.2, -0.15) is 0 Å². The van der Waals surface area contributed by atoms with Gasteiger partial charge in [-0.15, -0.1) is 0 Å². The summed E-state index contributed by atoms with van der Waals surface area (Å²) in [6, 6.07) is 13.6. The van der Waals surface area contributed by atoms with Crippen LogP contribution in [0.15, 0.2) is 42.5 Å². The van der Waals surface area contributed by atoms with E-state index in [0.717, 1.165) is 43.6 Å². The van der Waals surface area contributed by atoms with Crippen LogP contribution < -0.4 is 10.1 Å². The second kappa shape index (κ2) is 10.1. The predicted octanol–water partition coefficient (Wildman–Crippen LogP) is 3.69. The Kier molecular flexibility index (Phi) is 7.53. The number of amides is 1. The Bertz CT molecular complexity index is 817. The molecule has 156 valence electrons. The van der Waals surface area contributed by atoms with Crippen molar-refractivity contribution in [3.05, 3.63) is 64.2 Å². The number of ether oxygens (including phenoxy) is 1. The van der Waals surface area contributed by atoms with Gasteiger partial charge < -0.3 is 15.2 Å². The summed E-state index contributed by atoms with van der Waals surface area (Å²) in [5.41, 5.74) is 3.20. The van der Waals surface area contributed by atoms with E-state index in [0.29, 0.717) is 17.3 Å². The molecule has 1 aliphatic rings. The minimum Gasteiger partial charge on any atom is -0.481 e. The number of aryl methyl sites for hydroxylation is 1. The highest BCUT2D eigenvalue weighted by atomic mass is 35.5. The maximum absolute atomic E-state index is 12.3. The lowest BCUT2D eigenvalue weighted by molar-refractivity contribution is -0.127. The van der Waals surface area contributed by atoms with E-state index < -0.39 is 6.10 Å². The van der Waals surface area contributed by atoms with Crippen molar-refractivity contribution in [2.75, 3.05) is 13.1 Å². The number of halogens is 1. The van der Waals surface area contributed by atoms with E-state index in [1.54, 1.807) is 19.1 Å². The van der Waals surface area contributed by atoms with Crippen LogP contribution in [-0.4, -0.2) is 41.2 Å². The van der Waals surface area contributed by atoms with E-state index in [4.69, 9.17) is 16.3 Å². The number of benzene rings is 2. The van der Waals surface area contributed by atoms with Gasteiger partial charge in [-0.1, -0.05) is 35.9 Å². The van der Waals surface area contributed by atoms with Crippen molar-refractivity contribution in [3.63, 3.8) is 0 Å². The van der Waals surface area contributed by atoms with Gasteiger partial charge in [0.2, 0.25) is 0 Å². The second-order valence-corrected chi connectivity index (χ2v) is 8.12. The number of hydrogen-bond donors (Lipinski definition) is 2. The Morgan fingerprint density at radius 2 is 1.86 bits per heavy atom. The SMILES string of the molecule is Cc1cc(OC(C)C(=O)NCc2ccc(CN3CCC(O)CC3)cc2)ccc1Cl. The molecule has 1 amide bonds. The number of aliphatic hydroxyl groups excluding tert-OH is 1. The lowest BCUT2D eigenvalue weighted by Crippen LogP contribution is -2.36. The normalized spacial score (nSPS) is 16.4. The third-order valence-electron chi connectivity index (χ3n) is 5.26. The Labute approximate surface area is 177 Å². The van der Waals surface area contributed by atoms with Crippen LogP contribution in [0.25, 0.3) is 0 Å². The quantitative estimate of drug-likeness (QED) is 0.722. The molecular formula is C23H29ClN2O3. The zero-order chi connectivity index (χ0) is 20.8. The van der Waals surface area contributed by atoms with E-state index >= 15 is 0 Å². The van der Waals surface area contributed by atoms with Gasteiger partial charge >= 0.3 is 0 Å². The van der Waals surface area contributed by atoms with Crippen molar-refractivity contribution in [3.8, 4) is 5.75 Å². The summed E-state index contributed by atoms with van der Waals surface area (Å²) in [4.78, 5) is 14.7. The summed E-state index contributed by atoms with van der Waals surface area (Å²) < 4.78 is 5.72. The maximum Gasteiger partial charge on any atom is 0.261 e. The molecule has 1 unspecified atom stereocenters. The highest BCUT2D eigenvalue weighted by Gasteiger charge is 2.17. The standard InChI is InChI=1S/C23H29ClN2O3/c1-16-13-21(7-8-22(16)24)29-17(2)23(28)25-14-18-3-5-19(6-4-18)15-26-11-9-20(27)10-12-26/h3-8,13,17,20,27H,9-12,14-15H2,1-2H3,(H,25,28). The molecule has 0 spiro atoms. The fourth-order valence-corrected chi connectivity index (χ4v) is 3.50. The summed E-state index contributed by atoms with van der Waals surface area (Å²) in [5, 5.41) is 13.2. The summed E-state index contributed by atoms with van der Waals surface area (Å²) in [5.74, 6) is 0.470. The molecule has 0 saturated carbocycles. The van der Waals surface area contributed by atoms with E-state index in [9.17, 15) is 9.90 Å². The van der Waals surface area contributed by atoms with Gasteiger partial charge in [-0.3, -0.25) is 9.69 Å². The molecule has 1 fully saturated rings. The summed E-state index contributed by atoms with van der Waals surface area (Å²) >= 11 is 6.02. The number of rotatable bonds is 7. The van der Waals surface area contributed by atoms with Crippen molar-refractivity contribution in [1.29, 1.82) is 0 Å². The average molecular weight is 417 g/mol. The first-order chi connectivity index (χ1) is 13.9. The van der Waals surface area contributed by atoms with Gasteiger partial charge in [-0.25, -0.2) is 0 Å². The lowest BCUT2D eigenvalue weighted by Gasteiger charge is -2.29. The first-order valence-electron chi connectivity index (χ1n) is 10.1. The topological polar surface area (TPSA) is 61.8 Å². The predicted molar refractivity (Wildman–Crippen MR) is 115 cm³/mol. The molecule has 1 atom stereocenters. The summed E-state index contributed by atoms with van der Waals surface area (Å²) in [6.45, 7) is 6.86. The van der Waals surface area contributed by atoms with Crippen LogP contribution in [0.1, 0.15) is 36.5 Å². The molecule has 2 aromatic carbocycles. The van der Waals surface area contributed by atoms with Crippen molar-refractivity contribution in [2.24, 2.45) is 0 Å². The molecule has 3 rings (SSSR count). The molecule has 29 heavy (non-hydrogen) atoms. The molecule has 1 saturated heterocycles. The van der Waals surface area contributed by atoms with Crippen LogP contribution >= 0.6 is 11.6 Å². The monoisotopic (exact) mass is 416 g/mol. The van der Waals surface area contributed by atoms with Crippen LogP contribution in [-0.2, 0) is 17.9 Å². The number of piperidine rings is 1. The van der Waals surface area contributed by atoms with Crippen LogP contribution in [0.5, 0.6) is 5.75 Å². The zero-order valence-corrected chi connectivity index (χ0v) is 17.8. The number of nitrogens with one attached hydrogen (secondary N) is 1. The molecule has 5 nitrogen and oxygen atoms in total. The molecule has 0 aliphatic carbocycles. The molecule has 0 radical (unpaired) electrons. The zero-order valence-electron chi connectivity index (χ0n) is 17.0. The van der Waals surface area contributed by atoms with E-state index in [2.05, 4.69) is 22.3 Å². The van der Waals surface area contributed by atoms with Gasteiger partial charge in [-0.05, 0) is 61.6 Å². The van der Waals surface area contributed by atoms with Gasteiger partial charge in [0, 0.05) is 31.2 Å². The fraction of sp³-hybridized carbons (Fsp3) is 0.435. The first kappa shape index (κ1) is 21.6. The van der Waals surface area contributed by atoms with Gasteiger partial charge in [0.25, 0.3) is 5.91 Å². The van der Waals surface area contributed by atoms with Crippen LogP contribution in [0.4, 0.5) is 0 Å². The van der Waals surface area contributed by atoms with Gasteiger partial charge in [0.1, 0.15) is 5.75 Å². The largest absolute Gasteiger partial charge is 0.481 e. The molecule has 0 aromatic heterocycles. The molecule has 1 aliphatic heterocycles. The number of carbonyl (C=O) groups is 1. The number of carbonyl (C=O) groups excluding carboxylic acids is 1. The third kappa shape index (κ3) is 6.46. The second-order valence-electron chi connectivity index (χ2n) is 7.71. The highest BCUT2D eigenvalue weighted by molar-refractivity contribution is 6.31. The Morgan fingerprint density at radius 1 is 1.21 bits per heavy atom. The first-order valence-corrected chi connectivity index (χ1v) is 10.5. The minimum atomic E-state index is -0.593. The highest BCUT2D eigenvalue weighted by Crippen LogP contribution is 2.22. The number of likely N-dealkylation sites (tertiary alicyclic amines) is 1. The van der Waals surface area contributed by atoms with Crippen molar-refractivity contribution < 1.29 is 14.6 Å². The number of aliphatic hydroxyl groups is 1. The molecule has 2 aromatic rings. The lowest BCUT2D eigenvalue weighted by atomic mass is 10.1. The molecular weight excluding hydrogens is 388 g/mol.